The smallest absolute Gasteiger partial charge is 0.468 e. The summed E-state index contributed by atoms with van der Waals surface area (Å²) in [6.07, 6.45) is -2.79. The highest BCUT2D eigenvalue weighted by Gasteiger charge is 2.36. The Hall–Kier alpha value is -3.54. The van der Waals surface area contributed by atoms with Crippen molar-refractivity contribution in [3.05, 3.63) is 23.8 Å². The first-order valence-corrected chi connectivity index (χ1v) is 12.4. The molecule has 0 aliphatic heterocycles. The minimum Gasteiger partial charge on any atom is -0.468 e. The first-order chi connectivity index (χ1) is 17.8. The predicted molar refractivity (Wildman–Crippen MR) is 135 cm³/mol. The molecule has 0 aromatic heterocycles. The van der Waals surface area contributed by atoms with Gasteiger partial charge in [-0.05, 0) is 58.7 Å². The molecule has 0 fully saturated rings. The maximum absolute atomic E-state index is 12.6. The van der Waals surface area contributed by atoms with Gasteiger partial charge in [-0.2, -0.15) is 0 Å². The second-order valence-electron chi connectivity index (χ2n) is 9.21. The van der Waals surface area contributed by atoms with Crippen molar-refractivity contribution in [2.75, 3.05) is 13.7 Å². The maximum Gasteiger partial charge on any atom is 0.514 e. The van der Waals surface area contributed by atoms with Gasteiger partial charge in [-0.25, -0.2) is 14.4 Å². The van der Waals surface area contributed by atoms with Crippen molar-refractivity contribution in [1.29, 1.82) is 0 Å². The molecule has 0 aliphatic carbocycles. The highest BCUT2D eigenvalue weighted by Crippen LogP contribution is 2.31. The fourth-order valence-corrected chi connectivity index (χ4v) is 3.25. The van der Waals surface area contributed by atoms with Gasteiger partial charge in [-0.3, -0.25) is 4.79 Å². The van der Waals surface area contributed by atoms with Crippen LogP contribution in [-0.2, 0) is 34.9 Å². The monoisotopic (exact) mass is 541 g/mol. The van der Waals surface area contributed by atoms with E-state index in [0.29, 0.717) is 12.0 Å². The van der Waals surface area contributed by atoms with Crippen LogP contribution in [-0.4, -0.2) is 62.0 Å². The number of hydrogen-bond donors (Lipinski definition) is 1. The van der Waals surface area contributed by atoms with Gasteiger partial charge in [-0.1, -0.05) is 19.4 Å². The van der Waals surface area contributed by atoms with Crippen LogP contribution in [0, 0.1) is 0 Å². The summed E-state index contributed by atoms with van der Waals surface area (Å²) in [6.45, 7) is 10.1. The Balaban J connectivity index is 3.10. The van der Waals surface area contributed by atoms with E-state index in [1.54, 1.807) is 34.6 Å². The van der Waals surface area contributed by atoms with Crippen molar-refractivity contribution >= 4 is 24.4 Å². The topological polar surface area (TPSA) is 159 Å². The zero-order chi connectivity index (χ0) is 28.9. The maximum atomic E-state index is 12.6. The van der Waals surface area contributed by atoms with E-state index < -0.39 is 42.2 Å². The molecule has 0 unspecified atom stereocenters. The van der Waals surface area contributed by atoms with Gasteiger partial charge in [0.05, 0.1) is 25.9 Å². The van der Waals surface area contributed by atoms with Gasteiger partial charge >= 0.3 is 24.4 Å². The summed E-state index contributed by atoms with van der Waals surface area (Å²) >= 11 is 0. The average Bonchev–Trinajstić information content (AvgIpc) is 2.79. The van der Waals surface area contributed by atoms with E-state index in [2.05, 4.69) is 0 Å². The number of carbonyl (C=O) groups excluding carboxylic acids is 4. The predicted octanol–water partition coefficient (Wildman–Crippen LogP) is 4.68. The zero-order valence-electron chi connectivity index (χ0n) is 23.1. The first-order valence-electron chi connectivity index (χ1n) is 12.4. The van der Waals surface area contributed by atoms with E-state index in [1.165, 1.54) is 25.3 Å². The molecule has 2 N–H and O–H groups in total. The van der Waals surface area contributed by atoms with Crippen LogP contribution in [0.1, 0.15) is 66.4 Å². The van der Waals surface area contributed by atoms with Gasteiger partial charge in [0, 0.05) is 12.8 Å². The molecule has 0 amide bonds. The van der Waals surface area contributed by atoms with Crippen LogP contribution in [0.25, 0.3) is 0 Å². The van der Waals surface area contributed by atoms with E-state index in [0.717, 1.165) is 6.42 Å². The molecular formula is C26H39NO11. The molecule has 38 heavy (non-hydrogen) atoms. The number of nitrogens with two attached hydrogens (primary N) is 1. The fourth-order valence-electron chi connectivity index (χ4n) is 3.25. The highest BCUT2D eigenvalue weighted by molar-refractivity contribution is 5.81. The number of esters is 1. The number of methoxy groups -OCH3 is 1. The summed E-state index contributed by atoms with van der Waals surface area (Å²) in [5, 5.41) is 0. The third-order valence-electron chi connectivity index (χ3n) is 4.93. The third kappa shape index (κ3) is 11.7. The highest BCUT2D eigenvalue weighted by atomic mass is 16.8. The van der Waals surface area contributed by atoms with Crippen LogP contribution in [0.15, 0.2) is 18.2 Å². The minimum atomic E-state index is -1.61. The number of ether oxygens (including phenoxy) is 7. The van der Waals surface area contributed by atoms with E-state index >= 15 is 0 Å². The lowest BCUT2D eigenvalue weighted by Crippen LogP contribution is -2.51. The second kappa shape index (κ2) is 15.7. The van der Waals surface area contributed by atoms with Gasteiger partial charge in [0.15, 0.2) is 11.5 Å². The second-order valence-corrected chi connectivity index (χ2v) is 9.21. The van der Waals surface area contributed by atoms with E-state index in [-0.39, 0.29) is 37.1 Å². The summed E-state index contributed by atoms with van der Waals surface area (Å²) in [5.41, 5.74) is 5.18. The van der Waals surface area contributed by atoms with Gasteiger partial charge < -0.3 is 38.9 Å². The molecule has 1 aromatic carbocycles. The summed E-state index contributed by atoms with van der Waals surface area (Å²) in [4.78, 5) is 48.6. The number of carbonyl (C=O) groups is 4. The lowest BCUT2D eigenvalue weighted by molar-refractivity contribution is -0.147. The molecule has 0 radical (unpaired) electrons. The van der Waals surface area contributed by atoms with Crippen molar-refractivity contribution in [3.63, 3.8) is 0 Å². The molecule has 214 valence electrons. The van der Waals surface area contributed by atoms with E-state index in [9.17, 15) is 19.2 Å². The molecule has 0 saturated heterocycles. The normalized spacial score (nSPS) is 13.2. The van der Waals surface area contributed by atoms with Crippen LogP contribution in [0.5, 0.6) is 11.5 Å². The van der Waals surface area contributed by atoms with Crippen LogP contribution < -0.4 is 15.2 Å². The summed E-state index contributed by atoms with van der Waals surface area (Å²) in [5.74, 6) is -1.03. The zero-order valence-corrected chi connectivity index (χ0v) is 23.1. The van der Waals surface area contributed by atoms with Crippen molar-refractivity contribution in [1.82, 2.24) is 0 Å². The van der Waals surface area contributed by atoms with Crippen LogP contribution in [0.2, 0.25) is 0 Å². The Morgan fingerprint density at radius 2 is 1.45 bits per heavy atom. The molecule has 0 saturated carbocycles. The van der Waals surface area contributed by atoms with Crippen molar-refractivity contribution in [3.8, 4) is 11.5 Å². The largest absolute Gasteiger partial charge is 0.514 e. The molecule has 0 aliphatic rings. The fraction of sp³-hybridized carbons (Fsp3) is 0.615. The standard InChI is InChI=1S/C26H39NO11/c1-8-9-18(6)36-23(29)33-13-12-26(27,22(28)32-7)15-19-10-11-20(37-24(30)34-16(2)3)21(14-19)38-25(31)35-17(4)5/h10-11,14,16-18H,8-9,12-13,15,27H2,1-7H3/t18-,26+/m0/s1. The molecule has 2 atom stereocenters. The Bertz CT molecular complexity index is 947. The van der Waals surface area contributed by atoms with Crippen molar-refractivity contribution < 1.29 is 52.3 Å². The Kier molecular flexibility index (Phi) is 13.4. The quantitative estimate of drug-likeness (QED) is 0.209. The molecule has 0 spiro atoms. The summed E-state index contributed by atoms with van der Waals surface area (Å²) in [7, 11) is 1.18. The molecule has 0 heterocycles. The first kappa shape index (κ1) is 32.5. The Labute approximate surface area is 223 Å². The Morgan fingerprint density at radius 1 is 0.868 bits per heavy atom. The van der Waals surface area contributed by atoms with Crippen LogP contribution in [0.3, 0.4) is 0 Å². The van der Waals surface area contributed by atoms with Gasteiger partial charge in [0.2, 0.25) is 0 Å². The lowest BCUT2D eigenvalue weighted by atomic mass is 9.88. The summed E-state index contributed by atoms with van der Waals surface area (Å²) in [6, 6.07) is 4.24. The number of benzene rings is 1. The van der Waals surface area contributed by atoms with Crippen molar-refractivity contribution in [2.24, 2.45) is 5.73 Å². The van der Waals surface area contributed by atoms with Crippen LogP contribution >= 0.6 is 0 Å². The average molecular weight is 542 g/mol. The minimum absolute atomic E-state index is 0.0958. The van der Waals surface area contributed by atoms with Gasteiger partial charge in [0.25, 0.3) is 0 Å². The molecule has 1 aromatic rings. The van der Waals surface area contributed by atoms with Crippen LogP contribution in [0.4, 0.5) is 14.4 Å². The number of rotatable bonds is 13. The van der Waals surface area contributed by atoms with E-state index in [1.807, 2.05) is 6.92 Å². The van der Waals surface area contributed by atoms with Gasteiger partial charge in [-0.15, -0.1) is 0 Å². The summed E-state index contributed by atoms with van der Waals surface area (Å²) < 4.78 is 35.5. The third-order valence-corrected chi connectivity index (χ3v) is 4.93. The van der Waals surface area contributed by atoms with E-state index in [4.69, 9.17) is 38.9 Å². The lowest BCUT2D eigenvalue weighted by Gasteiger charge is -2.27. The number of hydrogen-bond acceptors (Lipinski definition) is 12. The molecule has 0 bridgehead atoms. The SMILES string of the molecule is CCC[C@H](C)OC(=O)OCC[C@@](N)(Cc1ccc(OC(=O)OC(C)C)c(OC(=O)OC(C)C)c1)C(=O)OC. The molecule has 12 nitrogen and oxygen atoms in total. The van der Waals surface area contributed by atoms with Gasteiger partial charge in [0.1, 0.15) is 11.6 Å². The Morgan fingerprint density at radius 3 is 1.97 bits per heavy atom. The molecule has 12 heteroatoms. The molecular weight excluding hydrogens is 502 g/mol. The molecule has 1 rings (SSSR count). The van der Waals surface area contributed by atoms with Crippen molar-refractivity contribution in [2.45, 2.75) is 91.1 Å².